The van der Waals surface area contributed by atoms with Gasteiger partial charge < -0.3 is 4.52 Å². The van der Waals surface area contributed by atoms with Crippen LogP contribution >= 0.6 is 27.5 Å². The number of hydrogen-bond donors (Lipinski definition) is 0. The fourth-order valence-electron chi connectivity index (χ4n) is 1.49. The fourth-order valence-corrected chi connectivity index (χ4v) is 2.25. The van der Waals surface area contributed by atoms with Crippen molar-refractivity contribution in [2.24, 2.45) is 0 Å². The molecule has 1 aromatic heterocycles. The molecule has 2 aromatic rings. The highest BCUT2D eigenvalue weighted by atomic mass is 79.9. The molecule has 0 saturated heterocycles. The van der Waals surface area contributed by atoms with Gasteiger partial charge in [0.1, 0.15) is 0 Å². The van der Waals surface area contributed by atoms with Gasteiger partial charge in [-0.3, -0.25) is 0 Å². The quantitative estimate of drug-likeness (QED) is 0.775. The van der Waals surface area contributed by atoms with E-state index in [-0.39, 0.29) is 5.38 Å². The summed E-state index contributed by atoms with van der Waals surface area (Å²) in [5.41, 5.74) is 0.881. The number of alkyl halides is 1. The molecule has 0 radical (unpaired) electrons. The molecule has 0 amide bonds. The van der Waals surface area contributed by atoms with Crippen LogP contribution < -0.4 is 0 Å². The molecular formula is C12H12BrClN2O. The molecule has 0 saturated carbocycles. The van der Waals surface area contributed by atoms with Crippen molar-refractivity contribution in [3.63, 3.8) is 0 Å². The van der Waals surface area contributed by atoms with E-state index in [2.05, 4.69) is 33.0 Å². The molecule has 3 nitrogen and oxygen atoms in total. The second kappa shape index (κ2) is 5.65. The average Bonchev–Trinajstić information content (AvgIpc) is 2.79. The van der Waals surface area contributed by atoms with Gasteiger partial charge in [-0.2, -0.15) is 4.98 Å². The van der Waals surface area contributed by atoms with Crippen molar-refractivity contribution in [1.82, 2.24) is 10.1 Å². The standard InChI is InChI=1S/C12H12BrClN2O/c1-2-5-10(14)11-15-12(17-16-11)8-6-3-4-7-9(8)13/h3-4,6-7,10H,2,5H2,1H3. The Hall–Kier alpha value is -0.870. The lowest BCUT2D eigenvalue weighted by Gasteiger charge is -2.00. The van der Waals surface area contributed by atoms with Crippen LogP contribution in [-0.2, 0) is 0 Å². The fraction of sp³-hybridized carbons (Fsp3) is 0.333. The lowest BCUT2D eigenvalue weighted by Crippen LogP contribution is -1.92. The summed E-state index contributed by atoms with van der Waals surface area (Å²) < 4.78 is 6.15. The van der Waals surface area contributed by atoms with E-state index < -0.39 is 0 Å². The normalized spacial score (nSPS) is 12.6. The summed E-state index contributed by atoms with van der Waals surface area (Å²) >= 11 is 9.60. The number of nitrogens with zero attached hydrogens (tertiary/aromatic N) is 2. The van der Waals surface area contributed by atoms with E-state index in [1.54, 1.807) is 0 Å². The van der Waals surface area contributed by atoms with E-state index in [1.807, 2.05) is 24.3 Å². The Morgan fingerprint density at radius 1 is 1.41 bits per heavy atom. The number of rotatable bonds is 4. The van der Waals surface area contributed by atoms with Gasteiger partial charge in [0.15, 0.2) is 5.82 Å². The molecule has 0 aliphatic rings. The smallest absolute Gasteiger partial charge is 0.259 e. The van der Waals surface area contributed by atoms with Gasteiger partial charge in [-0.25, -0.2) is 0 Å². The molecule has 0 fully saturated rings. The van der Waals surface area contributed by atoms with E-state index >= 15 is 0 Å². The van der Waals surface area contributed by atoms with E-state index in [4.69, 9.17) is 16.1 Å². The molecule has 5 heteroatoms. The van der Waals surface area contributed by atoms with Gasteiger partial charge in [-0.15, -0.1) is 11.6 Å². The summed E-state index contributed by atoms with van der Waals surface area (Å²) in [5.74, 6) is 1.05. The first kappa shape index (κ1) is 12.6. The minimum atomic E-state index is -0.181. The Kier molecular flexibility index (Phi) is 4.18. The summed E-state index contributed by atoms with van der Waals surface area (Å²) in [5, 5.41) is 3.73. The zero-order valence-corrected chi connectivity index (χ0v) is 11.7. The van der Waals surface area contributed by atoms with Crippen molar-refractivity contribution in [3.8, 4) is 11.5 Å². The van der Waals surface area contributed by atoms with Crippen LogP contribution in [0.4, 0.5) is 0 Å². The van der Waals surface area contributed by atoms with Crippen molar-refractivity contribution < 1.29 is 4.52 Å². The molecular weight excluding hydrogens is 304 g/mol. The van der Waals surface area contributed by atoms with Crippen LogP contribution in [0.5, 0.6) is 0 Å². The van der Waals surface area contributed by atoms with Gasteiger partial charge in [-0.1, -0.05) is 30.6 Å². The maximum absolute atomic E-state index is 6.15. The SMILES string of the molecule is CCCC(Cl)c1noc(-c2ccccc2Br)n1. The van der Waals surface area contributed by atoms with Crippen LogP contribution in [0.25, 0.3) is 11.5 Å². The predicted molar refractivity (Wildman–Crippen MR) is 70.9 cm³/mol. The minimum absolute atomic E-state index is 0.181. The Bertz CT molecular complexity index is 501. The van der Waals surface area contributed by atoms with Crippen LogP contribution in [0.3, 0.4) is 0 Å². The van der Waals surface area contributed by atoms with E-state index in [0.29, 0.717) is 11.7 Å². The highest BCUT2D eigenvalue weighted by Gasteiger charge is 2.16. The number of hydrogen-bond acceptors (Lipinski definition) is 3. The minimum Gasteiger partial charge on any atom is -0.334 e. The number of aromatic nitrogens is 2. The highest BCUT2D eigenvalue weighted by Crippen LogP contribution is 2.29. The molecule has 1 atom stereocenters. The van der Waals surface area contributed by atoms with E-state index in [9.17, 15) is 0 Å². The summed E-state index contributed by atoms with van der Waals surface area (Å²) in [6.45, 7) is 2.07. The van der Waals surface area contributed by atoms with E-state index in [1.165, 1.54) is 0 Å². The maximum atomic E-state index is 6.15. The van der Waals surface area contributed by atoms with Gasteiger partial charge in [0.2, 0.25) is 0 Å². The predicted octanol–water partition coefficient (Wildman–Crippen LogP) is 4.58. The largest absolute Gasteiger partial charge is 0.334 e. The zero-order valence-electron chi connectivity index (χ0n) is 9.36. The highest BCUT2D eigenvalue weighted by molar-refractivity contribution is 9.10. The molecule has 0 spiro atoms. The molecule has 1 aromatic carbocycles. The summed E-state index contributed by atoms with van der Waals surface area (Å²) in [6, 6.07) is 7.72. The summed E-state index contributed by atoms with van der Waals surface area (Å²) in [7, 11) is 0. The monoisotopic (exact) mass is 314 g/mol. The van der Waals surface area contributed by atoms with Crippen LogP contribution in [-0.4, -0.2) is 10.1 Å². The Balaban J connectivity index is 2.27. The van der Waals surface area contributed by atoms with Crippen LogP contribution in [0.15, 0.2) is 33.3 Å². The molecule has 1 unspecified atom stereocenters. The second-order valence-corrected chi connectivity index (χ2v) is 5.07. The molecule has 0 bridgehead atoms. The molecule has 0 N–H and O–H groups in total. The van der Waals surface area contributed by atoms with Gasteiger partial charge in [0, 0.05) is 4.47 Å². The first-order chi connectivity index (χ1) is 8.22. The first-order valence-electron chi connectivity index (χ1n) is 5.45. The van der Waals surface area contributed by atoms with Crippen molar-refractivity contribution in [2.45, 2.75) is 25.1 Å². The third-order valence-electron chi connectivity index (χ3n) is 2.37. The number of halogens is 2. The summed E-state index contributed by atoms with van der Waals surface area (Å²) in [4.78, 5) is 4.32. The maximum Gasteiger partial charge on any atom is 0.259 e. The van der Waals surface area contributed by atoms with Crippen molar-refractivity contribution >= 4 is 27.5 Å². The van der Waals surface area contributed by atoms with Gasteiger partial charge in [0.25, 0.3) is 5.89 Å². The average molecular weight is 316 g/mol. The summed E-state index contributed by atoms with van der Waals surface area (Å²) in [6.07, 6.45) is 1.84. The van der Waals surface area contributed by atoms with E-state index in [0.717, 1.165) is 22.9 Å². The van der Waals surface area contributed by atoms with Crippen molar-refractivity contribution in [1.29, 1.82) is 0 Å². The third-order valence-corrected chi connectivity index (χ3v) is 3.47. The van der Waals surface area contributed by atoms with Gasteiger partial charge in [0.05, 0.1) is 10.9 Å². The first-order valence-corrected chi connectivity index (χ1v) is 6.68. The van der Waals surface area contributed by atoms with Crippen LogP contribution in [0, 0.1) is 0 Å². The Labute approximate surface area is 113 Å². The molecule has 2 rings (SSSR count). The van der Waals surface area contributed by atoms with Crippen molar-refractivity contribution in [2.75, 3.05) is 0 Å². The topological polar surface area (TPSA) is 38.9 Å². The molecule has 0 aliphatic heterocycles. The lowest BCUT2D eigenvalue weighted by atomic mass is 10.2. The molecule has 90 valence electrons. The Morgan fingerprint density at radius 2 is 2.18 bits per heavy atom. The van der Waals surface area contributed by atoms with Gasteiger partial charge >= 0.3 is 0 Å². The zero-order chi connectivity index (χ0) is 12.3. The number of benzene rings is 1. The van der Waals surface area contributed by atoms with Crippen LogP contribution in [0.1, 0.15) is 31.0 Å². The Morgan fingerprint density at radius 3 is 2.88 bits per heavy atom. The van der Waals surface area contributed by atoms with Crippen molar-refractivity contribution in [3.05, 3.63) is 34.6 Å². The molecule has 0 aliphatic carbocycles. The second-order valence-electron chi connectivity index (χ2n) is 3.69. The lowest BCUT2D eigenvalue weighted by molar-refractivity contribution is 0.420. The molecule has 17 heavy (non-hydrogen) atoms. The van der Waals surface area contributed by atoms with Gasteiger partial charge in [-0.05, 0) is 34.5 Å². The van der Waals surface area contributed by atoms with Crippen LogP contribution in [0.2, 0.25) is 0 Å². The third kappa shape index (κ3) is 2.87. The molecule has 1 heterocycles.